The molecule has 0 radical (unpaired) electrons. The SMILES string of the molecule is CCc1cc(CO)cc(N2CC3CCCC3C2)n1. The molecular weight excluding hydrogens is 224 g/mol. The summed E-state index contributed by atoms with van der Waals surface area (Å²) in [5.74, 6) is 2.84. The third kappa shape index (κ3) is 2.12. The number of nitrogens with zero attached hydrogens (tertiary/aromatic N) is 2. The Hall–Kier alpha value is -1.09. The van der Waals surface area contributed by atoms with E-state index in [1.54, 1.807) is 0 Å². The van der Waals surface area contributed by atoms with Crippen molar-refractivity contribution < 1.29 is 5.11 Å². The summed E-state index contributed by atoms with van der Waals surface area (Å²) in [6.07, 6.45) is 5.12. The maximum absolute atomic E-state index is 9.34. The maximum Gasteiger partial charge on any atom is 0.129 e. The predicted molar refractivity (Wildman–Crippen MR) is 72.6 cm³/mol. The molecule has 1 aliphatic heterocycles. The van der Waals surface area contributed by atoms with Crippen molar-refractivity contribution in [2.24, 2.45) is 11.8 Å². The largest absolute Gasteiger partial charge is 0.392 e. The van der Waals surface area contributed by atoms with Crippen LogP contribution in [0.5, 0.6) is 0 Å². The standard InChI is InChI=1S/C15H22N2O/c1-2-14-6-11(10-18)7-15(16-14)17-8-12-4-3-5-13(12)9-17/h6-7,12-13,18H,2-5,8-10H2,1H3. The Morgan fingerprint density at radius 1 is 1.28 bits per heavy atom. The van der Waals surface area contributed by atoms with Crippen LogP contribution < -0.4 is 4.90 Å². The van der Waals surface area contributed by atoms with Crippen molar-refractivity contribution >= 4 is 5.82 Å². The van der Waals surface area contributed by atoms with Crippen LogP contribution in [0.3, 0.4) is 0 Å². The fourth-order valence-corrected chi connectivity index (χ4v) is 3.49. The molecule has 3 rings (SSSR count). The zero-order valence-corrected chi connectivity index (χ0v) is 11.1. The van der Waals surface area contributed by atoms with Gasteiger partial charge in [0.2, 0.25) is 0 Å². The van der Waals surface area contributed by atoms with Crippen LogP contribution in [-0.4, -0.2) is 23.2 Å². The molecule has 1 saturated heterocycles. The number of hydrogen-bond donors (Lipinski definition) is 1. The van der Waals surface area contributed by atoms with Gasteiger partial charge >= 0.3 is 0 Å². The van der Waals surface area contributed by atoms with E-state index in [4.69, 9.17) is 4.98 Å². The Morgan fingerprint density at radius 3 is 2.61 bits per heavy atom. The average molecular weight is 246 g/mol. The number of pyridine rings is 1. The number of aromatic nitrogens is 1. The van der Waals surface area contributed by atoms with E-state index < -0.39 is 0 Å². The van der Waals surface area contributed by atoms with E-state index in [1.807, 2.05) is 6.07 Å². The predicted octanol–water partition coefficient (Wildman–Crippen LogP) is 2.37. The summed E-state index contributed by atoms with van der Waals surface area (Å²) in [6, 6.07) is 4.07. The molecule has 0 amide bonds. The fourth-order valence-electron chi connectivity index (χ4n) is 3.49. The molecule has 2 atom stereocenters. The van der Waals surface area contributed by atoms with E-state index in [0.29, 0.717) is 0 Å². The van der Waals surface area contributed by atoms with Gasteiger partial charge in [0.15, 0.2) is 0 Å². The van der Waals surface area contributed by atoms with Gasteiger partial charge in [-0.25, -0.2) is 4.98 Å². The zero-order chi connectivity index (χ0) is 12.5. The summed E-state index contributed by atoms with van der Waals surface area (Å²) in [7, 11) is 0. The van der Waals surface area contributed by atoms with Gasteiger partial charge in [0, 0.05) is 18.8 Å². The first-order valence-corrected chi connectivity index (χ1v) is 7.15. The number of fused-ring (bicyclic) bond motifs is 1. The minimum absolute atomic E-state index is 0.114. The second-order valence-electron chi connectivity index (χ2n) is 5.69. The smallest absolute Gasteiger partial charge is 0.129 e. The van der Waals surface area contributed by atoms with Gasteiger partial charge in [-0.15, -0.1) is 0 Å². The van der Waals surface area contributed by atoms with E-state index in [-0.39, 0.29) is 6.61 Å². The van der Waals surface area contributed by atoms with Crippen LogP contribution in [0, 0.1) is 11.8 Å². The fraction of sp³-hybridized carbons (Fsp3) is 0.667. The summed E-state index contributed by atoms with van der Waals surface area (Å²) >= 11 is 0. The third-order valence-electron chi connectivity index (χ3n) is 4.52. The molecule has 0 spiro atoms. The Morgan fingerprint density at radius 2 is 2.00 bits per heavy atom. The molecule has 98 valence electrons. The van der Waals surface area contributed by atoms with E-state index in [1.165, 1.54) is 19.3 Å². The first-order chi connectivity index (χ1) is 8.80. The Balaban J connectivity index is 1.83. The highest BCUT2D eigenvalue weighted by Crippen LogP contribution is 2.39. The van der Waals surface area contributed by atoms with Crippen LogP contribution in [-0.2, 0) is 13.0 Å². The van der Waals surface area contributed by atoms with Crippen LogP contribution in [0.15, 0.2) is 12.1 Å². The van der Waals surface area contributed by atoms with Crippen molar-refractivity contribution in [2.45, 2.75) is 39.2 Å². The van der Waals surface area contributed by atoms with Gasteiger partial charge in [-0.05, 0) is 48.8 Å². The highest BCUT2D eigenvalue weighted by atomic mass is 16.3. The molecular formula is C15H22N2O. The van der Waals surface area contributed by atoms with E-state index in [9.17, 15) is 5.11 Å². The lowest BCUT2D eigenvalue weighted by Gasteiger charge is -2.20. The lowest BCUT2D eigenvalue weighted by atomic mass is 10.0. The highest BCUT2D eigenvalue weighted by Gasteiger charge is 2.36. The number of anilines is 1. The second-order valence-corrected chi connectivity index (χ2v) is 5.69. The highest BCUT2D eigenvalue weighted by molar-refractivity contribution is 5.44. The molecule has 18 heavy (non-hydrogen) atoms. The van der Waals surface area contributed by atoms with Crippen LogP contribution in [0.4, 0.5) is 5.82 Å². The molecule has 2 fully saturated rings. The molecule has 1 saturated carbocycles. The number of aliphatic hydroxyl groups excluding tert-OH is 1. The Kier molecular flexibility index (Phi) is 3.25. The summed E-state index contributed by atoms with van der Waals surface area (Å²) in [6.45, 7) is 4.56. The molecule has 1 aromatic heterocycles. The lowest BCUT2D eigenvalue weighted by molar-refractivity contribution is 0.281. The van der Waals surface area contributed by atoms with Gasteiger partial charge in [-0.3, -0.25) is 0 Å². The van der Waals surface area contributed by atoms with Crippen molar-refractivity contribution in [1.82, 2.24) is 4.98 Å². The van der Waals surface area contributed by atoms with Gasteiger partial charge in [0.05, 0.1) is 6.61 Å². The van der Waals surface area contributed by atoms with Crippen LogP contribution >= 0.6 is 0 Å². The number of rotatable bonds is 3. The van der Waals surface area contributed by atoms with Gasteiger partial charge in [0.1, 0.15) is 5.82 Å². The molecule has 2 heterocycles. The van der Waals surface area contributed by atoms with Crippen molar-refractivity contribution in [3.05, 3.63) is 23.4 Å². The van der Waals surface area contributed by atoms with Crippen molar-refractivity contribution in [3.8, 4) is 0 Å². The van der Waals surface area contributed by atoms with Crippen LogP contribution in [0.25, 0.3) is 0 Å². The normalized spacial score (nSPS) is 26.7. The van der Waals surface area contributed by atoms with Crippen LogP contribution in [0.2, 0.25) is 0 Å². The molecule has 2 aliphatic rings. The Labute approximate surface area is 109 Å². The minimum atomic E-state index is 0.114. The summed E-state index contributed by atoms with van der Waals surface area (Å²) in [5, 5.41) is 9.34. The van der Waals surface area contributed by atoms with Gasteiger partial charge in [0.25, 0.3) is 0 Å². The molecule has 2 unspecified atom stereocenters. The molecule has 3 heteroatoms. The molecule has 1 aromatic rings. The average Bonchev–Trinajstić information content (AvgIpc) is 2.98. The molecule has 3 nitrogen and oxygen atoms in total. The van der Waals surface area contributed by atoms with Crippen molar-refractivity contribution in [3.63, 3.8) is 0 Å². The number of aryl methyl sites for hydroxylation is 1. The maximum atomic E-state index is 9.34. The van der Waals surface area contributed by atoms with Crippen molar-refractivity contribution in [1.29, 1.82) is 0 Å². The van der Waals surface area contributed by atoms with E-state index in [0.717, 1.165) is 48.4 Å². The first-order valence-electron chi connectivity index (χ1n) is 7.15. The van der Waals surface area contributed by atoms with Gasteiger partial charge < -0.3 is 10.0 Å². The number of aliphatic hydroxyl groups is 1. The summed E-state index contributed by atoms with van der Waals surface area (Å²) in [4.78, 5) is 7.15. The summed E-state index contributed by atoms with van der Waals surface area (Å²) < 4.78 is 0. The van der Waals surface area contributed by atoms with E-state index in [2.05, 4.69) is 17.9 Å². The second kappa shape index (κ2) is 4.88. The topological polar surface area (TPSA) is 36.4 Å². The monoisotopic (exact) mass is 246 g/mol. The molecule has 1 aliphatic carbocycles. The third-order valence-corrected chi connectivity index (χ3v) is 4.52. The van der Waals surface area contributed by atoms with E-state index >= 15 is 0 Å². The van der Waals surface area contributed by atoms with Gasteiger partial charge in [-0.1, -0.05) is 13.3 Å². The summed E-state index contributed by atoms with van der Waals surface area (Å²) in [5.41, 5.74) is 2.09. The molecule has 0 bridgehead atoms. The minimum Gasteiger partial charge on any atom is -0.392 e. The number of hydrogen-bond acceptors (Lipinski definition) is 3. The molecule has 0 aromatic carbocycles. The van der Waals surface area contributed by atoms with Crippen molar-refractivity contribution in [2.75, 3.05) is 18.0 Å². The quantitative estimate of drug-likeness (QED) is 0.889. The molecule has 1 N–H and O–H groups in total. The lowest BCUT2D eigenvalue weighted by Crippen LogP contribution is -2.22. The zero-order valence-electron chi connectivity index (χ0n) is 11.1. The van der Waals surface area contributed by atoms with Gasteiger partial charge in [-0.2, -0.15) is 0 Å². The first kappa shape index (κ1) is 12.0. The van der Waals surface area contributed by atoms with Crippen LogP contribution in [0.1, 0.15) is 37.4 Å². The Bertz CT molecular complexity index is 398.